The number of rotatable bonds is 7. The highest BCUT2D eigenvalue weighted by Gasteiger charge is 2.13. The summed E-state index contributed by atoms with van der Waals surface area (Å²) in [5, 5.41) is 2.86. The average Bonchev–Trinajstić information content (AvgIpc) is 2.16. The number of nitrogens with one attached hydrogen (secondary N) is 2. The van der Waals surface area contributed by atoms with Gasteiger partial charge in [-0.3, -0.25) is 8.98 Å². The molecule has 2 unspecified atom stereocenters. The lowest BCUT2D eigenvalue weighted by Crippen LogP contribution is -2.39. The summed E-state index contributed by atoms with van der Waals surface area (Å²) in [6.07, 6.45) is 0.719. The molecule has 0 saturated carbocycles. The Bertz CT molecular complexity index is 183. The Kier molecular flexibility index (Phi) is 6.97. The lowest BCUT2D eigenvalue weighted by molar-refractivity contribution is -0.119. The minimum absolute atomic E-state index is 0.0181. The Morgan fingerprint density at radius 3 is 2.62 bits per heavy atom. The molecule has 0 spiro atoms. The number of hydrogen-bond donors (Lipinski definition) is 2. The van der Waals surface area contributed by atoms with Crippen LogP contribution < -0.4 is 10.0 Å². The largest absolute Gasteiger partial charge is 0.311 e. The zero-order valence-electron chi connectivity index (χ0n) is 8.12. The third-order valence-corrected chi connectivity index (χ3v) is 2.34. The van der Waals surface area contributed by atoms with Gasteiger partial charge in [0.1, 0.15) is 0 Å². The first-order valence-corrected chi connectivity index (χ1v) is 5.12. The Morgan fingerprint density at radius 2 is 2.23 bits per heavy atom. The molecule has 0 aromatic carbocycles. The first kappa shape index (κ1) is 12.7. The van der Waals surface area contributed by atoms with Gasteiger partial charge in [0.25, 0.3) is 0 Å². The molecule has 78 valence electrons. The average molecular weight is 208 g/mol. The van der Waals surface area contributed by atoms with E-state index in [1.165, 1.54) is 7.11 Å². The van der Waals surface area contributed by atoms with E-state index in [2.05, 4.69) is 14.2 Å². The summed E-state index contributed by atoms with van der Waals surface area (Å²) in [5.74, 6) is -0.0181. The van der Waals surface area contributed by atoms with Crippen molar-refractivity contribution >= 4 is 17.0 Å². The van der Waals surface area contributed by atoms with Crippen LogP contribution in [0.15, 0.2) is 0 Å². The first-order valence-electron chi connectivity index (χ1n) is 4.05. The zero-order valence-corrected chi connectivity index (χ0v) is 8.94. The van der Waals surface area contributed by atoms with Crippen LogP contribution in [-0.4, -0.2) is 36.7 Å². The molecular formula is C7H16N2O3S. The molecule has 0 aromatic rings. The summed E-state index contributed by atoms with van der Waals surface area (Å²) in [4.78, 5) is 11.3. The van der Waals surface area contributed by atoms with Crippen LogP contribution in [0.4, 0.5) is 0 Å². The van der Waals surface area contributed by atoms with Crippen molar-refractivity contribution in [2.24, 2.45) is 0 Å². The molecule has 13 heavy (non-hydrogen) atoms. The molecule has 0 aromatic heterocycles. The summed E-state index contributed by atoms with van der Waals surface area (Å²) in [7, 11) is 3.03. The van der Waals surface area contributed by atoms with Crippen molar-refractivity contribution in [3.8, 4) is 0 Å². The van der Waals surface area contributed by atoms with Crippen LogP contribution in [0.5, 0.6) is 0 Å². The molecule has 0 fully saturated rings. The smallest absolute Gasteiger partial charge is 0.234 e. The van der Waals surface area contributed by atoms with E-state index in [4.69, 9.17) is 0 Å². The van der Waals surface area contributed by atoms with Gasteiger partial charge in [0, 0.05) is 0 Å². The number of hydrogen-bond acceptors (Lipinski definition) is 4. The van der Waals surface area contributed by atoms with Gasteiger partial charge in [-0.05, 0) is 13.5 Å². The first-order chi connectivity index (χ1) is 6.15. The molecule has 6 heteroatoms. The lowest BCUT2D eigenvalue weighted by Gasteiger charge is -2.11. The number of Topliss-reactive ketones (excluding diaryl/α,β-unsaturated/α-hetero) is 1. The molecule has 0 radical (unpaired) electrons. The zero-order chi connectivity index (χ0) is 10.3. The van der Waals surface area contributed by atoms with E-state index in [-0.39, 0.29) is 18.4 Å². The number of carbonyl (C=O) groups is 1. The van der Waals surface area contributed by atoms with Gasteiger partial charge in [0.2, 0.25) is 11.3 Å². The van der Waals surface area contributed by atoms with Crippen molar-refractivity contribution in [1.82, 2.24) is 10.0 Å². The van der Waals surface area contributed by atoms with Crippen molar-refractivity contribution in [3.63, 3.8) is 0 Å². The van der Waals surface area contributed by atoms with Crippen LogP contribution in [0.1, 0.15) is 13.3 Å². The fourth-order valence-electron chi connectivity index (χ4n) is 0.905. The van der Waals surface area contributed by atoms with Crippen LogP contribution in [-0.2, 0) is 20.2 Å². The fraction of sp³-hybridized carbons (Fsp3) is 0.857. The van der Waals surface area contributed by atoms with Crippen LogP contribution in [0.2, 0.25) is 0 Å². The maximum atomic E-state index is 11.3. The predicted octanol–water partition coefficient (Wildman–Crippen LogP) is -0.632. The third kappa shape index (κ3) is 5.09. The summed E-state index contributed by atoms with van der Waals surface area (Å²) in [6.45, 7) is 1.96. The van der Waals surface area contributed by atoms with Gasteiger partial charge in [0.15, 0.2) is 5.78 Å². The van der Waals surface area contributed by atoms with E-state index in [0.717, 1.165) is 6.42 Å². The Hall–Kier alpha value is -0.300. The monoisotopic (exact) mass is 208 g/mol. The molecule has 2 N–H and O–H groups in total. The standard InChI is InChI=1S/C7H16N2O3S/c1-4-6(8-2)7(10)5-9-13(11)12-3/h6,8-9H,4-5H2,1-3H3. The molecular weight excluding hydrogens is 192 g/mol. The van der Waals surface area contributed by atoms with Gasteiger partial charge >= 0.3 is 0 Å². The van der Waals surface area contributed by atoms with Crippen molar-refractivity contribution in [1.29, 1.82) is 0 Å². The van der Waals surface area contributed by atoms with Crippen LogP contribution >= 0.6 is 0 Å². The molecule has 0 amide bonds. The van der Waals surface area contributed by atoms with Crippen LogP contribution in [0, 0.1) is 0 Å². The molecule has 0 rings (SSSR count). The van der Waals surface area contributed by atoms with Crippen LogP contribution in [0.25, 0.3) is 0 Å². The minimum atomic E-state index is -1.57. The maximum absolute atomic E-state index is 11.3. The summed E-state index contributed by atoms with van der Waals surface area (Å²) in [6, 6.07) is -0.179. The third-order valence-electron chi connectivity index (χ3n) is 1.66. The number of likely N-dealkylation sites (N-methyl/N-ethyl adjacent to an activating group) is 1. The highest BCUT2D eigenvalue weighted by molar-refractivity contribution is 7.78. The lowest BCUT2D eigenvalue weighted by atomic mass is 10.1. The Labute approximate surface area is 81.0 Å². The topological polar surface area (TPSA) is 67.4 Å². The summed E-state index contributed by atoms with van der Waals surface area (Å²) in [5.41, 5.74) is 0. The van der Waals surface area contributed by atoms with E-state index in [0.29, 0.717) is 0 Å². The second-order valence-electron chi connectivity index (χ2n) is 2.44. The predicted molar refractivity (Wildman–Crippen MR) is 51.3 cm³/mol. The van der Waals surface area contributed by atoms with Crippen molar-refractivity contribution in [2.45, 2.75) is 19.4 Å². The number of ketones is 1. The highest BCUT2D eigenvalue weighted by Crippen LogP contribution is 1.91. The Morgan fingerprint density at radius 1 is 1.62 bits per heavy atom. The highest BCUT2D eigenvalue weighted by atomic mass is 32.2. The van der Waals surface area contributed by atoms with Crippen molar-refractivity contribution in [2.75, 3.05) is 20.7 Å². The Balaban J connectivity index is 3.79. The quantitative estimate of drug-likeness (QED) is 0.584. The molecule has 0 aliphatic carbocycles. The number of carbonyl (C=O) groups excluding carboxylic acids is 1. The van der Waals surface area contributed by atoms with Gasteiger partial charge < -0.3 is 5.32 Å². The normalized spacial score (nSPS) is 15.3. The molecule has 0 saturated heterocycles. The van der Waals surface area contributed by atoms with Gasteiger partial charge in [0.05, 0.1) is 19.7 Å². The van der Waals surface area contributed by atoms with Gasteiger partial charge in [-0.2, -0.15) is 0 Å². The van der Waals surface area contributed by atoms with E-state index >= 15 is 0 Å². The van der Waals surface area contributed by atoms with E-state index in [9.17, 15) is 9.00 Å². The molecule has 2 atom stereocenters. The molecule has 0 aliphatic heterocycles. The summed E-state index contributed by atoms with van der Waals surface area (Å²) < 4.78 is 17.6. The van der Waals surface area contributed by atoms with E-state index < -0.39 is 11.3 Å². The second kappa shape index (κ2) is 7.14. The van der Waals surface area contributed by atoms with Crippen LogP contribution in [0.3, 0.4) is 0 Å². The summed E-state index contributed by atoms with van der Waals surface area (Å²) >= 11 is -1.57. The van der Waals surface area contributed by atoms with Crippen molar-refractivity contribution < 1.29 is 13.2 Å². The fourth-order valence-corrected chi connectivity index (χ4v) is 1.28. The molecule has 0 bridgehead atoms. The van der Waals surface area contributed by atoms with Gasteiger partial charge in [-0.15, -0.1) is 0 Å². The van der Waals surface area contributed by atoms with Gasteiger partial charge in [-0.25, -0.2) is 8.93 Å². The molecule has 5 nitrogen and oxygen atoms in total. The van der Waals surface area contributed by atoms with E-state index in [1.807, 2.05) is 6.92 Å². The maximum Gasteiger partial charge on any atom is 0.234 e. The molecule has 0 aliphatic rings. The van der Waals surface area contributed by atoms with Crippen molar-refractivity contribution in [3.05, 3.63) is 0 Å². The van der Waals surface area contributed by atoms with E-state index in [1.54, 1.807) is 7.05 Å². The molecule has 0 heterocycles. The second-order valence-corrected chi connectivity index (χ2v) is 3.53. The minimum Gasteiger partial charge on any atom is -0.311 e. The van der Waals surface area contributed by atoms with Gasteiger partial charge in [-0.1, -0.05) is 6.92 Å². The SMILES string of the molecule is CCC(NC)C(=O)CNS(=O)OC.